The van der Waals surface area contributed by atoms with E-state index in [2.05, 4.69) is 5.10 Å². The highest BCUT2D eigenvalue weighted by Gasteiger charge is 2.11. The van der Waals surface area contributed by atoms with Gasteiger partial charge in [-0.2, -0.15) is 10.4 Å². The highest BCUT2D eigenvalue weighted by molar-refractivity contribution is 6.31. The van der Waals surface area contributed by atoms with Gasteiger partial charge in [0.2, 0.25) is 0 Å². The van der Waals surface area contributed by atoms with Crippen molar-refractivity contribution in [3.05, 3.63) is 87.3 Å². The van der Waals surface area contributed by atoms with Gasteiger partial charge < -0.3 is 4.74 Å². The topological polar surface area (TPSA) is 67.9 Å². The maximum atomic E-state index is 12.3. The number of nitrogens with zero attached hydrogens (tertiary/aromatic N) is 3. The van der Waals surface area contributed by atoms with E-state index < -0.39 is 5.56 Å². The molecule has 0 amide bonds. The molecule has 1 heterocycles. The summed E-state index contributed by atoms with van der Waals surface area (Å²) < 4.78 is 6.86. The monoisotopic (exact) mass is 337 g/mol. The minimum atomic E-state index is -0.424. The Morgan fingerprint density at radius 3 is 2.50 bits per heavy atom. The molecule has 0 bridgehead atoms. The Morgan fingerprint density at radius 2 is 1.83 bits per heavy atom. The van der Waals surface area contributed by atoms with Gasteiger partial charge >= 0.3 is 0 Å². The van der Waals surface area contributed by atoms with Crippen LogP contribution in [0.3, 0.4) is 0 Å². The molecule has 0 atom stereocenters. The molecule has 0 aliphatic rings. The zero-order valence-electron chi connectivity index (χ0n) is 12.5. The van der Waals surface area contributed by atoms with Crippen molar-refractivity contribution in [2.24, 2.45) is 0 Å². The number of benzene rings is 2. The van der Waals surface area contributed by atoms with Crippen molar-refractivity contribution in [1.82, 2.24) is 9.78 Å². The fourth-order valence-electron chi connectivity index (χ4n) is 2.11. The molecule has 3 aromatic rings. The maximum Gasteiger partial charge on any atom is 0.289 e. The Balaban J connectivity index is 1.84. The molecular formula is C18H12ClN3O2. The van der Waals surface area contributed by atoms with Crippen molar-refractivity contribution in [3.8, 4) is 17.6 Å². The van der Waals surface area contributed by atoms with Gasteiger partial charge in [-0.1, -0.05) is 41.9 Å². The molecular weight excluding hydrogens is 326 g/mol. The molecule has 24 heavy (non-hydrogen) atoms. The highest BCUT2D eigenvalue weighted by atomic mass is 35.5. The van der Waals surface area contributed by atoms with Crippen molar-refractivity contribution in [1.29, 1.82) is 5.26 Å². The van der Waals surface area contributed by atoms with Gasteiger partial charge in [0.05, 0.1) is 24.4 Å². The predicted molar refractivity (Wildman–Crippen MR) is 90.3 cm³/mol. The first-order valence-electron chi connectivity index (χ1n) is 7.15. The second-order valence-electron chi connectivity index (χ2n) is 5.01. The van der Waals surface area contributed by atoms with E-state index in [-0.39, 0.29) is 10.8 Å². The Labute approximate surface area is 143 Å². The van der Waals surface area contributed by atoms with Crippen LogP contribution in [0.2, 0.25) is 5.02 Å². The zero-order chi connectivity index (χ0) is 16.9. The number of aromatic nitrogens is 2. The van der Waals surface area contributed by atoms with Crippen molar-refractivity contribution in [3.63, 3.8) is 0 Å². The standard InChI is InChI=1S/C18H12ClN3O2/c19-17-16(24-15-8-6-13(10-20)7-9-15)11-21-22(18(17)23)12-14-4-2-1-3-5-14/h1-9,11H,12H2. The first kappa shape index (κ1) is 15.8. The largest absolute Gasteiger partial charge is 0.454 e. The molecule has 0 aliphatic heterocycles. The summed E-state index contributed by atoms with van der Waals surface area (Å²) in [5.74, 6) is 0.647. The number of ether oxygens (including phenoxy) is 1. The van der Waals surface area contributed by atoms with Crippen molar-refractivity contribution < 1.29 is 4.74 Å². The lowest BCUT2D eigenvalue weighted by Gasteiger charge is -2.09. The van der Waals surface area contributed by atoms with Crippen molar-refractivity contribution >= 4 is 11.6 Å². The van der Waals surface area contributed by atoms with Gasteiger partial charge in [0.15, 0.2) is 10.8 Å². The Morgan fingerprint density at radius 1 is 1.12 bits per heavy atom. The Bertz CT molecular complexity index is 945. The Hall–Kier alpha value is -3.10. The number of nitriles is 1. The van der Waals surface area contributed by atoms with Crippen molar-refractivity contribution in [2.75, 3.05) is 0 Å². The lowest BCUT2D eigenvalue weighted by Crippen LogP contribution is -2.23. The van der Waals surface area contributed by atoms with Gasteiger partial charge in [0.25, 0.3) is 5.56 Å². The van der Waals surface area contributed by atoms with Gasteiger partial charge in [-0.25, -0.2) is 4.68 Å². The summed E-state index contributed by atoms with van der Waals surface area (Å²) in [6.45, 7) is 0.330. The van der Waals surface area contributed by atoms with Crippen LogP contribution in [0.4, 0.5) is 0 Å². The fraction of sp³-hybridized carbons (Fsp3) is 0.0556. The van der Waals surface area contributed by atoms with E-state index in [1.54, 1.807) is 24.3 Å². The molecule has 1 aromatic heterocycles. The van der Waals surface area contributed by atoms with E-state index in [1.165, 1.54) is 10.9 Å². The van der Waals surface area contributed by atoms with E-state index in [9.17, 15) is 4.79 Å². The molecule has 118 valence electrons. The van der Waals surface area contributed by atoms with Crippen LogP contribution in [0.5, 0.6) is 11.5 Å². The summed E-state index contributed by atoms with van der Waals surface area (Å²) in [7, 11) is 0. The molecule has 0 fully saturated rings. The molecule has 2 aromatic carbocycles. The van der Waals surface area contributed by atoms with Crippen LogP contribution in [0.25, 0.3) is 0 Å². The van der Waals surface area contributed by atoms with Crippen molar-refractivity contribution in [2.45, 2.75) is 6.54 Å². The van der Waals surface area contributed by atoms with E-state index in [0.29, 0.717) is 17.9 Å². The van der Waals surface area contributed by atoms with E-state index in [4.69, 9.17) is 21.6 Å². The average Bonchev–Trinajstić information content (AvgIpc) is 2.63. The van der Waals surface area contributed by atoms with E-state index in [1.807, 2.05) is 36.4 Å². The number of hydrogen-bond donors (Lipinski definition) is 0. The van der Waals surface area contributed by atoms with Gasteiger partial charge in [-0.15, -0.1) is 0 Å². The summed E-state index contributed by atoms with van der Waals surface area (Å²) in [5.41, 5.74) is 1.04. The highest BCUT2D eigenvalue weighted by Crippen LogP contribution is 2.25. The molecule has 0 aliphatic carbocycles. The van der Waals surface area contributed by atoms with Gasteiger partial charge in [0.1, 0.15) is 5.75 Å². The molecule has 0 unspecified atom stereocenters. The summed E-state index contributed by atoms with van der Waals surface area (Å²) in [5, 5.41) is 12.9. The molecule has 0 saturated carbocycles. The SMILES string of the molecule is N#Cc1ccc(Oc2cnn(Cc3ccccc3)c(=O)c2Cl)cc1. The third-order valence-electron chi connectivity index (χ3n) is 3.34. The number of hydrogen-bond acceptors (Lipinski definition) is 4. The number of halogens is 1. The first-order valence-corrected chi connectivity index (χ1v) is 7.53. The van der Waals surface area contributed by atoms with E-state index in [0.717, 1.165) is 5.56 Å². The first-order chi connectivity index (χ1) is 11.7. The maximum absolute atomic E-state index is 12.3. The fourth-order valence-corrected chi connectivity index (χ4v) is 2.30. The van der Waals surface area contributed by atoms with Crippen LogP contribution in [0, 0.1) is 11.3 Å². The smallest absolute Gasteiger partial charge is 0.289 e. The van der Waals surface area contributed by atoms with Gasteiger partial charge in [0, 0.05) is 0 Å². The lowest BCUT2D eigenvalue weighted by atomic mass is 10.2. The summed E-state index contributed by atoms with van der Waals surface area (Å²) in [6.07, 6.45) is 1.41. The second kappa shape index (κ2) is 6.99. The van der Waals surface area contributed by atoms with E-state index >= 15 is 0 Å². The van der Waals surface area contributed by atoms with Crippen LogP contribution in [0.1, 0.15) is 11.1 Å². The zero-order valence-corrected chi connectivity index (χ0v) is 13.3. The van der Waals surface area contributed by atoms with Gasteiger partial charge in [-0.3, -0.25) is 4.79 Å². The molecule has 0 radical (unpaired) electrons. The van der Waals surface area contributed by atoms with Gasteiger partial charge in [-0.05, 0) is 29.8 Å². The van der Waals surface area contributed by atoms with Crippen LogP contribution >= 0.6 is 11.6 Å². The molecule has 0 spiro atoms. The molecule has 3 rings (SSSR count). The molecule has 0 N–H and O–H groups in total. The number of rotatable bonds is 4. The summed E-state index contributed by atoms with van der Waals surface area (Å²) >= 11 is 6.12. The van der Waals surface area contributed by atoms with Crippen LogP contribution in [-0.2, 0) is 6.54 Å². The van der Waals surface area contributed by atoms with Crippen LogP contribution < -0.4 is 10.3 Å². The predicted octanol–water partition coefficient (Wildman–Crippen LogP) is 3.61. The summed E-state index contributed by atoms with van der Waals surface area (Å²) in [4.78, 5) is 12.3. The Kier molecular flexibility index (Phi) is 4.59. The molecule has 5 nitrogen and oxygen atoms in total. The third kappa shape index (κ3) is 3.45. The van der Waals surface area contributed by atoms with Crippen LogP contribution in [-0.4, -0.2) is 9.78 Å². The second-order valence-corrected chi connectivity index (χ2v) is 5.39. The lowest BCUT2D eigenvalue weighted by molar-refractivity contribution is 0.470. The normalized spacial score (nSPS) is 10.2. The quantitative estimate of drug-likeness (QED) is 0.729. The summed E-state index contributed by atoms with van der Waals surface area (Å²) in [6, 6.07) is 18.0. The minimum Gasteiger partial charge on any atom is -0.454 e. The average molecular weight is 338 g/mol. The molecule has 6 heteroatoms. The minimum absolute atomic E-state index is 0.0368. The molecule has 0 saturated heterocycles. The van der Waals surface area contributed by atoms with Crippen LogP contribution in [0.15, 0.2) is 65.6 Å². The third-order valence-corrected chi connectivity index (χ3v) is 3.69.